The maximum absolute atomic E-state index is 13.5. The Morgan fingerprint density at radius 3 is 2.44 bits per heavy atom. The molecule has 0 saturated carbocycles. The Kier molecular flexibility index (Phi) is 6.77. The van der Waals surface area contributed by atoms with E-state index in [0.717, 1.165) is 18.0 Å². The number of rotatable bonds is 9. The van der Waals surface area contributed by atoms with Gasteiger partial charge in [0, 0.05) is 19.3 Å². The Labute approximate surface area is 159 Å². The third-order valence-corrected chi connectivity index (χ3v) is 4.06. The van der Waals surface area contributed by atoms with Gasteiger partial charge in [0.25, 0.3) is 0 Å². The first kappa shape index (κ1) is 18.9. The second-order valence-electron chi connectivity index (χ2n) is 6.27. The van der Waals surface area contributed by atoms with E-state index >= 15 is 0 Å². The molecule has 5 heteroatoms. The number of nitrogens with zero attached hydrogens (tertiary/aromatic N) is 2. The van der Waals surface area contributed by atoms with E-state index in [1.807, 2.05) is 49.5 Å². The van der Waals surface area contributed by atoms with Crippen molar-refractivity contribution in [2.75, 3.05) is 20.2 Å². The largest absolute Gasteiger partial charge is 0.489 e. The highest BCUT2D eigenvalue weighted by atomic mass is 19.1. The number of benzene rings is 2. The number of ether oxygens (including phenoxy) is 2. The summed E-state index contributed by atoms with van der Waals surface area (Å²) in [6.07, 6.45) is 1.76. The fraction of sp³-hybridized carbons (Fsp3) is 0.227. The maximum Gasteiger partial charge on any atom is 0.165 e. The van der Waals surface area contributed by atoms with E-state index in [1.54, 1.807) is 24.4 Å². The van der Waals surface area contributed by atoms with Crippen molar-refractivity contribution in [3.8, 4) is 11.5 Å². The molecule has 1 heterocycles. The standard InChI is InChI=1S/C22H23FN2O2/c1-25(14-15-26-22-8-3-2-7-21(22)23)16-18-9-11-20(12-10-18)27-17-19-6-4-5-13-24-19/h2-13H,14-17H2,1H3. The lowest BCUT2D eigenvalue weighted by Crippen LogP contribution is -2.24. The van der Waals surface area contributed by atoms with E-state index in [1.165, 1.54) is 11.6 Å². The minimum absolute atomic E-state index is 0.292. The molecular formula is C22H23FN2O2. The highest BCUT2D eigenvalue weighted by molar-refractivity contribution is 5.27. The lowest BCUT2D eigenvalue weighted by Gasteiger charge is -2.17. The van der Waals surface area contributed by atoms with E-state index in [4.69, 9.17) is 9.47 Å². The second-order valence-corrected chi connectivity index (χ2v) is 6.27. The molecule has 0 spiro atoms. The summed E-state index contributed by atoms with van der Waals surface area (Å²) < 4.78 is 24.8. The lowest BCUT2D eigenvalue weighted by molar-refractivity contribution is 0.226. The van der Waals surface area contributed by atoms with Crippen molar-refractivity contribution in [1.82, 2.24) is 9.88 Å². The molecule has 1 aromatic heterocycles. The van der Waals surface area contributed by atoms with Crippen LogP contribution in [-0.2, 0) is 13.2 Å². The second kappa shape index (κ2) is 9.69. The molecule has 0 unspecified atom stereocenters. The molecular weight excluding hydrogens is 343 g/mol. The first-order chi connectivity index (χ1) is 13.2. The molecule has 0 bridgehead atoms. The minimum atomic E-state index is -0.332. The minimum Gasteiger partial charge on any atom is -0.489 e. The van der Waals surface area contributed by atoms with Crippen LogP contribution >= 0.6 is 0 Å². The Morgan fingerprint density at radius 2 is 1.70 bits per heavy atom. The summed E-state index contributed by atoms with van der Waals surface area (Å²) in [7, 11) is 2.01. The van der Waals surface area contributed by atoms with Crippen molar-refractivity contribution >= 4 is 0 Å². The van der Waals surface area contributed by atoms with Crippen LogP contribution in [-0.4, -0.2) is 30.1 Å². The maximum atomic E-state index is 13.5. The number of halogens is 1. The van der Waals surface area contributed by atoms with Crippen LogP contribution < -0.4 is 9.47 Å². The molecule has 0 N–H and O–H groups in total. The van der Waals surface area contributed by atoms with Crippen LogP contribution in [0.4, 0.5) is 4.39 Å². The summed E-state index contributed by atoms with van der Waals surface area (Å²) in [5, 5.41) is 0. The number of aromatic nitrogens is 1. The fourth-order valence-corrected chi connectivity index (χ4v) is 2.60. The van der Waals surface area contributed by atoms with Gasteiger partial charge >= 0.3 is 0 Å². The molecule has 140 valence electrons. The molecule has 0 radical (unpaired) electrons. The van der Waals surface area contributed by atoms with E-state index in [-0.39, 0.29) is 5.82 Å². The van der Waals surface area contributed by atoms with Crippen molar-refractivity contribution in [3.05, 3.63) is 90.0 Å². The fourth-order valence-electron chi connectivity index (χ4n) is 2.60. The molecule has 0 atom stereocenters. The normalized spacial score (nSPS) is 10.8. The lowest BCUT2D eigenvalue weighted by atomic mass is 10.2. The van der Waals surface area contributed by atoms with E-state index in [9.17, 15) is 4.39 Å². The van der Waals surface area contributed by atoms with Crippen LogP contribution in [0.15, 0.2) is 72.9 Å². The van der Waals surface area contributed by atoms with Crippen LogP contribution in [0.25, 0.3) is 0 Å². The molecule has 0 aliphatic heterocycles. The van der Waals surface area contributed by atoms with Gasteiger partial charge in [-0.15, -0.1) is 0 Å². The Balaban J connectivity index is 1.41. The number of para-hydroxylation sites is 1. The zero-order valence-electron chi connectivity index (χ0n) is 15.3. The van der Waals surface area contributed by atoms with Crippen molar-refractivity contribution in [2.45, 2.75) is 13.2 Å². The average Bonchev–Trinajstić information content (AvgIpc) is 2.70. The zero-order chi connectivity index (χ0) is 18.9. The SMILES string of the molecule is CN(CCOc1ccccc1F)Cc1ccc(OCc2ccccn2)cc1. The van der Waals surface area contributed by atoms with Crippen molar-refractivity contribution in [3.63, 3.8) is 0 Å². The summed E-state index contributed by atoms with van der Waals surface area (Å²) >= 11 is 0. The highest BCUT2D eigenvalue weighted by Gasteiger charge is 2.04. The van der Waals surface area contributed by atoms with Gasteiger partial charge in [-0.1, -0.05) is 30.3 Å². The first-order valence-corrected chi connectivity index (χ1v) is 8.88. The van der Waals surface area contributed by atoms with Gasteiger partial charge in [0.1, 0.15) is 19.0 Å². The molecule has 0 aliphatic carbocycles. The smallest absolute Gasteiger partial charge is 0.165 e. The van der Waals surface area contributed by atoms with E-state index in [0.29, 0.717) is 25.5 Å². The molecule has 3 aromatic rings. The van der Waals surface area contributed by atoms with Crippen LogP contribution in [0.2, 0.25) is 0 Å². The van der Waals surface area contributed by atoms with Crippen LogP contribution in [0.5, 0.6) is 11.5 Å². The molecule has 3 rings (SSSR count). The van der Waals surface area contributed by atoms with Gasteiger partial charge in [-0.25, -0.2) is 4.39 Å². The Bertz CT molecular complexity index is 825. The molecule has 2 aromatic carbocycles. The quantitative estimate of drug-likeness (QED) is 0.565. The van der Waals surface area contributed by atoms with Gasteiger partial charge in [0.2, 0.25) is 0 Å². The molecule has 27 heavy (non-hydrogen) atoms. The summed E-state index contributed by atoms with van der Waals surface area (Å²) in [4.78, 5) is 6.37. The van der Waals surface area contributed by atoms with Crippen molar-refractivity contribution < 1.29 is 13.9 Å². The molecule has 4 nitrogen and oxygen atoms in total. The highest BCUT2D eigenvalue weighted by Crippen LogP contribution is 2.16. The van der Waals surface area contributed by atoms with Gasteiger partial charge in [-0.3, -0.25) is 9.88 Å². The van der Waals surface area contributed by atoms with Gasteiger partial charge in [0.15, 0.2) is 11.6 Å². The number of pyridine rings is 1. The number of hydrogen-bond acceptors (Lipinski definition) is 4. The van der Waals surface area contributed by atoms with Crippen LogP contribution in [0, 0.1) is 5.82 Å². The molecule has 0 aliphatic rings. The predicted octanol–water partition coefficient (Wildman–Crippen LogP) is 4.31. The summed E-state index contributed by atoms with van der Waals surface area (Å²) in [5.74, 6) is 0.775. The van der Waals surface area contributed by atoms with Crippen LogP contribution in [0.3, 0.4) is 0 Å². The Morgan fingerprint density at radius 1 is 0.926 bits per heavy atom. The molecule has 0 fully saturated rings. The molecule has 0 amide bonds. The van der Waals surface area contributed by atoms with Crippen LogP contribution in [0.1, 0.15) is 11.3 Å². The number of likely N-dealkylation sites (N-methyl/N-ethyl adjacent to an activating group) is 1. The van der Waals surface area contributed by atoms with Gasteiger partial charge in [0.05, 0.1) is 5.69 Å². The average molecular weight is 366 g/mol. The van der Waals surface area contributed by atoms with Crippen molar-refractivity contribution in [1.29, 1.82) is 0 Å². The zero-order valence-corrected chi connectivity index (χ0v) is 15.3. The first-order valence-electron chi connectivity index (χ1n) is 8.88. The third kappa shape index (κ3) is 6.08. The topological polar surface area (TPSA) is 34.6 Å². The monoisotopic (exact) mass is 366 g/mol. The third-order valence-electron chi connectivity index (χ3n) is 4.06. The van der Waals surface area contributed by atoms with Crippen molar-refractivity contribution in [2.24, 2.45) is 0 Å². The molecule has 0 saturated heterocycles. The summed E-state index contributed by atoms with van der Waals surface area (Å²) in [6, 6.07) is 20.2. The Hall–Kier alpha value is -2.92. The summed E-state index contributed by atoms with van der Waals surface area (Å²) in [5.41, 5.74) is 2.07. The predicted molar refractivity (Wildman–Crippen MR) is 103 cm³/mol. The number of hydrogen-bond donors (Lipinski definition) is 0. The van der Waals surface area contributed by atoms with Gasteiger partial charge in [-0.05, 0) is 49.0 Å². The summed E-state index contributed by atoms with van der Waals surface area (Å²) in [6.45, 7) is 2.36. The van der Waals surface area contributed by atoms with Gasteiger partial charge in [-0.2, -0.15) is 0 Å². The van der Waals surface area contributed by atoms with E-state index < -0.39 is 0 Å². The van der Waals surface area contributed by atoms with E-state index in [2.05, 4.69) is 9.88 Å². The van der Waals surface area contributed by atoms with Gasteiger partial charge < -0.3 is 9.47 Å².